The number of aryl methyl sites for hydroxylation is 1. The van der Waals surface area contributed by atoms with Gasteiger partial charge in [-0.25, -0.2) is 9.38 Å². The van der Waals surface area contributed by atoms with Crippen molar-refractivity contribution in [1.82, 2.24) is 0 Å². The van der Waals surface area contributed by atoms with Crippen LogP contribution in [-0.2, 0) is 11.0 Å². The van der Waals surface area contributed by atoms with Crippen LogP contribution in [-0.4, -0.2) is 35.3 Å². The Morgan fingerprint density at radius 2 is 1.82 bits per heavy atom. The van der Waals surface area contributed by atoms with Crippen LogP contribution in [0.1, 0.15) is 30.5 Å². The lowest BCUT2D eigenvalue weighted by atomic mass is 10.1. The number of hydrogen-bond acceptors (Lipinski definition) is 6. The third-order valence-corrected chi connectivity index (χ3v) is 5.17. The molecule has 0 unspecified atom stereocenters. The molecule has 2 aromatic rings. The van der Waals surface area contributed by atoms with Crippen LogP contribution in [0.5, 0.6) is 11.5 Å². The predicted molar refractivity (Wildman–Crippen MR) is 121 cm³/mol. The zero-order valence-electron chi connectivity index (χ0n) is 18.6. The lowest BCUT2D eigenvalue weighted by Gasteiger charge is -2.23. The maximum absolute atomic E-state index is 13.8. The first-order valence-corrected chi connectivity index (χ1v) is 10.9. The first-order chi connectivity index (χ1) is 15.8. The molecule has 0 aliphatic carbocycles. The molecule has 34 heavy (non-hydrogen) atoms. The van der Waals surface area contributed by atoms with E-state index < -0.39 is 34.9 Å². The van der Waals surface area contributed by atoms with E-state index in [-0.39, 0.29) is 12.2 Å². The molecule has 0 bridgehead atoms. The third kappa shape index (κ3) is 6.86. The summed E-state index contributed by atoms with van der Waals surface area (Å²) in [5.41, 5.74) is -2.36. The number of alkyl halides is 3. The number of carbonyl (C=O) groups is 1. The molecule has 7 nitrogen and oxygen atoms in total. The van der Waals surface area contributed by atoms with Gasteiger partial charge in [-0.2, -0.15) is 13.2 Å². The van der Waals surface area contributed by atoms with Gasteiger partial charge in [0, 0.05) is 10.7 Å². The van der Waals surface area contributed by atoms with E-state index >= 15 is 0 Å². The van der Waals surface area contributed by atoms with Crippen molar-refractivity contribution >= 4 is 28.5 Å². The number of ether oxygens (including phenoxy) is 2. The van der Waals surface area contributed by atoms with Crippen LogP contribution in [0, 0.1) is 23.1 Å². The minimum atomic E-state index is -4.83. The molecule has 12 heteroatoms. The summed E-state index contributed by atoms with van der Waals surface area (Å²) in [5, 5.41) is 10.7. The number of rotatable bonds is 7. The van der Waals surface area contributed by atoms with Gasteiger partial charge in [-0.05, 0) is 62.9 Å². The number of nitrogens with zero attached hydrogens (tertiary/aromatic N) is 2. The molecule has 182 valence electrons. The standard InChI is InChI=1S/C22H21F4N3O4S/c1-12-9-14(6-8-17(12)33-21(2,3)20(30)29-31)32-11-18(34-4)28-19(27)13-5-7-15(16(23)10-13)22(24,25)26/h5-10,27H,11H2,1-4H3/b27-19?,28-18-. The van der Waals surface area contributed by atoms with E-state index in [9.17, 15) is 27.3 Å². The van der Waals surface area contributed by atoms with Gasteiger partial charge < -0.3 is 9.47 Å². The summed E-state index contributed by atoms with van der Waals surface area (Å²) in [5.74, 6) is -2.10. The van der Waals surface area contributed by atoms with E-state index in [1.807, 2.05) is 0 Å². The number of hydrogen-bond donors (Lipinski definition) is 1. The van der Waals surface area contributed by atoms with Gasteiger partial charge in [0.2, 0.25) is 0 Å². The summed E-state index contributed by atoms with van der Waals surface area (Å²) in [6.45, 7) is 4.47. The van der Waals surface area contributed by atoms with E-state index in [0.29, 0.717) is 34.2 Å². The maximum Gasteiger partial charge on any atom is 0.419 e. The summed E-state index contributed by atoms with van der Waals surface area (Å²) < 4.78 is 63.2. The Hall–Kier alpha value is -3.28. The normalized spacial score (nSPS) is 12.3. The number of aliphatic imine (C=N–C) groups is 1. The fourth-order valence-corrected chi connectivity index (χ4v) is 2.98. The van der Waals surface area contributed by atoms with E-state index in [1.165, 1.54) is 13.8 Å². The van der Waals surface area contributed by atoms with Crippen molar-refractivity contribution in [3.63, 3.8) is 0 Å². The summed E-state index contributed by atoms with van der Waals surface area (Å²) in [6, 6.07) is 6.89. The molecule has 0 fully saturated rings. The topological polar surface area (TPSA) is 101 Å². The highest BCUT2D eigenvalue weighted by Crippen LogP contribution is 2.32. The van der Waals surface area contributed by atoms with E-state index in [2.05, 4.69) is 10.2 Å². The molecule has 0 atom stereocenters. The number of benzene rings is 2. The highest BCUT2D eigenvalue weighted by atomic mass is 32.2. The van der Waals surface area contributed by atoms with Gasteiger partial charge in [0.15, 0.2) is 11.4 Å². The van der Waals surface area contributed by atoms with Crippen LogP contribution in [0.25, 0.3) is 0 Å². The molecule has 0 saturated carbocycles. The molecule has 1 amide bonds. The van der Waals surface area contributed by atoms with Crippen molar-refractivity contribution in [2.75, 3.05) is 12.9 Å². The first kappa shape index (κ1) is 27.0. The van der Waals surface area contributed by atoms with Gasteiger partial charge in [0.05, 0.1) is 5.56 Å². The molecular weight excluding hydrogens is 478 g/mol. The van der Waals surface area contributed by atoms with E-state index in [4.69, 9.17) is 14.9 Å². The van der Waals surface area contributed by atoms with Gasteiger partial charge in [-0.3, -0.25) is 10.2 Å². The molecule has 0 radical (unpaired) electrons. The molecule has 1 N–H and O–H groups in total. The molecule has 0 spiro atoms. The zero-order valence-corrected chi connectivity index (χ0v) is 19.4. The largest absolute Gasteiger partial charge is 0.487 e. The van der Waals surface area contributed by atoms with Crippen molar-refractivity contribution < 1.29 is 31.8 Å². The summed E-state index contributed by atoms with van der Waals surface area (Å²) in [4.78, 5) is 26.1. The fraction of sp³-hybridized carbons (Fsp3) is 0.318. The number of nitrogens with one attached hydrogen (secondary N) is 1. The minimum Gasteiger partial charge on any atom is -0.487 e. The number of amidine groups is 1. The second kappa shape index (κ2) is 10.8. The minimum absolute atomic E-state index is 0.0641. The van der Waals surface area contributed by atoms with Crippen LogP contribution in [0.2, 0.25) is 0 Å². The van der Waals surface area contributed by atoms with Crippen molar-refractivity contribution in [3.05, 3.63) is 63.8 Å². The Morgan fingerprint density at radius 1 is 1.15 bits per heavy atom. The van der Waals surface area contributed by atoms with E-state index in [1.54, 1.807) is 31.4 Å². The van der Waals surface area contributed by atoms with Crippen LogP contribution < -0.4 is 9.47 Å². The van der Waals surface area contributed by atoms with E-state index in [0.717, 1.165) is 17.8 Å². The molecule has 2 rings (SSSR count). The van der Waals surface area contributed by atoms with Gasteiger partial charge in [-0.15, -0.1) is 16.7 Å². The molecule has 2 aromatic carbocycles. The lowest BCUT2D eigenvalue weighted by Crippen LogP contribution is -2.37. The van der Waals surface area contributed by atoms with Crippen LogP contribution >= 0.6 is 11.8 Å². The Balaban J connectivity index is 2.11. The summed E-state index contributed by atoms with van der Waals surface area (Å²) >= 11 is 1.15. The van der Waals surface area contributed by atoms with Crippen LogP contribution in [0.15, 0.2) is 46.6 Å². The van der Waals surface area contributed by atoms with Crippen molar-refractivity contribution in [2.24, 2.45) is 10.2 Å². The fourth-order valence-electron chi connectivity index (χ4n) is 2.62. The Labute approximate surface area is 197 Å². The molecule has 0 saturated heterocycles. The number of nitroso groups, excluding NO2 is 1. The number of thioether (sulfide) groups is 1. The Kier molecular flexibility index (Phi) is 8.54. The Morgan fingerprint density at radius 3 is 2.35 bits per heavy atom. The SMILES string of the molecule is CS/C(COc1ccc(OC(C)(C)C(=O)N=O)c(C)c1)=N\C(=N)c1ccc(C(F)(F)F)c(F)c1. The zero-order chi connectivity index (χ0) is 25.7. The molecule has 0 aromatic heterocycles. The third-order valence-electron chi connectivity index (χ3n) is 4.49. The van der Waals surface area contributed by atoms with Gasteiger partial charge in [-0.1, -0.05) is 6.07 Å². The second-order valence-corrected chi connectivity index (χ2v) is 8.35. The summed E-state index contributed by atoms with van der Waals surface area (Å²) in [7, 11) is 0. The monoisotopic (exact) mass is 499 g/mol. The first-order valence-electron chi connectivity index (χ1n) is 9.66. The highest BCUT2D eigenvalue weighted by Gasteiger charge is 2.34. The second-order valence-electron chi connectivity index (χ2n) is 7.48. The quantitative estimate of drug-likeness (QED) is 0.226. The van der Waals surface area contributed by atoms with Crippen LogP contribution in [0.3, 0.4) is 0 Å². The predicted octanol–water partition coefficient (Wildman–Crippen LogP) is 5.77. The average Bonchev–Trinajstić information content (AvgIpc) is 2.76. The highest BCUT2D eigenvalue weighted by molar-refractivity contribution is 8.13. The number of halogens is 4. The van der Waals surface area contributed by atoms with Crippen LogP contribution in [0.4, 0.5) is 17.6 Å². The number of carbonyl (C=O) groups excluding carboxylic acids is 1. The molecule has 0 aliphatic rings. The van der Waals surface area contributed by atoms with Crippen molar-refractivity contribution in [1.29, 1.82) is 5.41 Å². The van der Waals surface area contributed by atoms with Crippen molar-refractivity contribution in [2.45, 2.75) is 32.5 Å². The maximum atomic E-state index is 13.8. The van der Waals surface area contributed by atoms with Gasteiger partial charge in [0.25, 0.3) is 0 Å². The molecule has 0 aliphatic heterocycles. The number of amides is 1. The van der Waals surface area contributed by atoms with Gasteiger partial charge in [0.1, 0.15) is 29.0 Å². The lowest BCUT2D eigenvalue weighted by molar-refractivity contribution is -0.140. The smallest absolute Gasteiger partial charge is 0.419 e. The molecular formula is C22H21F4N3O4S. The average molecular weight is 499 g/mol. The molecule has 0 heterocycles. The Bertz CT molecular complexity index is 1130. The summed E-state index contributed by atoms with van der Waals surface area (Å²) in [6.07, 6.45) is -3.16. The van der Waals surface area contributed by atoms with Crippen molar-refractivity contribution in [3.8, 4) is 11.5 Å². The van der Waals surface area contributed by atoms with Gasteiger partial charge >= 0.3 is 12.1 Å².